The van der Waals surface area contributed by atoms with E-state index in [1.807, 2.05) is 0 Å². The van der Waals surface area contributed by atoms with Crippen LogP contribution in [0.2, 0.25) is 0 Å². The molecule has 0 aromatic rings. The van der Waals surface area contributed by atoms with Crippen LogP contribution < -0.4 is 0 Å². The minimum Gasteiger partial charge on any atom is -0.438 e. The summed E-state index contributed by atoms with van der Waals surface area (Å²) in [5, 5.41) is 31.2. The number of hydrogen-bond donors (Lipinski definition) is 0. The average molecular weight is 249 g/mol. The highest BCUT2D eigenvalue weighted by atomic mass is 16.7. The van der Waals surface area contributed by atoms with E-state index in [-0.39, 0.29) is 0 Å². The molecule has 0 N–H and O–H groups in total. The fraction of sp³-hybridized carbons (Fsp3) is 0.500. The lowest BCUT2D eigenvalue weighted by atomic mass is 10.4. The highest BCUT2D eigenvalue weighted by Gasteiger charge is 2.72. The summed E-state index contributed by atoms with van der Waals surface area (Å²) >= 11 is 0. The maximum absolute atomic E-state index is 10.8. The van der Waals surface area contributed by atoms with Crippen molar-refractivity contribution in [3.63, 3.8) is 0 Å². The maximum Gasteiger partial charge on any atom is 0.734 e. The number of carbonyl (C=O) groups is 1. The molecule has 0 unspecified atom stereocenters. The monoisotopic (exact) mass is 249 g/mol. The van der Waals surface area contributed by atoms with Gasteiger partial charge in [-0.05, 0) is 6.92 Å². The number of allylic oxidation sites excluding steroid dienone is 1. The molecule has 11 nitrogen and oxygen atoms in total. The summed E-state index contributed by atoms with van der Waals surface area (Å²) < 4.78 is 4.08. The van der Waals surface area contributed by atoms with Crippen LogP contribution >= 0.6 is 0 Å². The zero-order valence-corrected chi connectivity index (χ0v) is 8.47. The van der Waals surface area contributed by atoms with Gasteiger partial charge >= 0.3 is 18.4 Å². The summed E-state index contributed by atoms with van der Waals surface area (Å²) in [6.45, 7) is -0.174. The van der Waals surface area contributed by atoms with Crippen molar-refractivity contribution in [3.05, 3.63) is 42.5 Å². The molecule has 94 valence electrons. The molecule has 0 fully saturated rings. The SMILES string of the molecule is C/C=C/C(=O)OCC([N+](=O)[O-])([N+](=O)[O-])[N+](=O)[O-]. The zero-order chi connectivity index (χ0) is 13.6. The van der Waals surface area contributed by atoms with Crippen molar-refractivity contribution in [2.75, 3.05) is 6.61 Å². The lowest BCUT2D eigenvalue weighted by molar-refractivity contribution is -0.970. The molecule has 0 aliphatic heterocycles. The average Bonchev–Trinajstić information content (AvgIpc) is 2.17. The molecular formula is C6H7N3O8. The fourth-order valence-corrected chi connectivity index (χ4v) is 0.710. The second kappa shape index (κ2) is 5.48. The third-order valence-electron chi connectivity index (χ3n) is 1.59. The van der Waals surface area contributed by atoms with Crippen LogP contribution in [0.5, 0.6) is 0 Å². The lowest BCUT2D eigenvalue weighted by Gasteiger charge is -2.08. The van der Waals surface area contributed by atoms with Crippen LogP contribution in [-0.4, -0.2) is 33.1 Å². The van der Waals surface area contributed by atoms with E-state index in [4.69, 9.17) is 0 Å². The van der Waals surface area contributed by atoms with Crippen molar-refractivity contribution < 1.29 is 24.3 Å². The minimum atomic E-state index is -3.78. The molecule has 0 saturated heterocycles. The van der Waals surface area contributed by atoms with Crippen molar-refractivity contribution in [2.45, 2.75) is 12.7 Å². The molecule has 0 spiro atoms. The second-order valence-corrected chi connectivity index (χ2v) is 2.65. The van der Waals surface area contributed by atoms with Crippen molar-refractivity contribution in [1.82, 2.24) is 0 Å². The Morgan fingerprint density at radius 3 is 1.88 bits per heavy atom. The van der Waals surface area contributed by atoms with E-state index >= 15 is 0 Å². The maximum atomic E-state index is 10.8. The van der Waals surface area contributed by atoms with Gasteiger partial charge in [0.05, 0.1) is 0 Å². The Bertz CT molecular complexity index is 353. The first kappa shape index (κ1) is 14.4. The Kier molecular flexibility index (Phi) is 4.65. The van der Waals surface area contributed by atoms with Crippen LogP contribution in [0, 0.1) is 30.3 Å². The van der Waals surface area contributed by atoms with Crippen LogP contribution in [0.4, 0.5) is 0 Å². The number of carbonyl (C=O) groups excluding carboxylic acids is 1. The third-order valence-corrected chi connectivity index (χ3v) is 1.59. The highest BCUT2D eigenvalue weighted by Crippen LogP contribution is 2.13. The van der Waals surface area contributed by atoms with Gasteiger partial charge in [-0.3, -0.25) is 30.3 Å². The number of hydrogen-bond acceptors (Lipinski definition) is 8. The zero-order valence-electron chi connectivity index (χ0n) is 8.47. The summed E-state index contributed by atoms with van der Waals surface area (Å²) in [7, 11) is 0. The van der Waals surface area contributed by atoms with Gasteiger partial charge < -0.3 is 4.74 Å². The molecule has 0 bridgehead atoms. The van der Waals surface area contributed by atoms with Crippen molar-refractivity contribution in [3.8, 4) is 0 Å². The Morgan fingerprint density at radius 2 is 1.59 bits per heavy atom. The summed E-state index contributed by atoms with van der Waals surface area (Å²) in [5.41, 5.74) is 0. The molecule has 0 saturated carbocycles. The van der Waals surface area contributed by atoms with Crippen molar-refractivity contribution >= 4 is 5.97 Å². The smallest absolute Gasteiger partial charge is 0.438 e. The fourth-order valence-electron chi connectivity index (χ4n) is 0.710. The third kappa shape index (κ3) is 2.93. The van der Waals surface area contributed by atoms with E-state index in [1.165, 1.54) is 13.0 Å². The Labute approximate surface area is 93.1 Å². The van der Waals surface area contributed by atoms with E-state index in [2.05, 4.69) is 4.74 Å². The number of nitro groups is 3. The van der Waals surface area contributed by atoms with Gasteiger partial charge in [0.1, 0.15) is 0 Å². The van der Waals surface area contributed by atoms with Crippen LogP contribution in [-0.2, 0) is 9.53 Å². The molecule has 17 heavy (non-hydrogen) atoms. The predicted molar refractivity (Wildman–Crippen MR) is 49.5 cm³/mol. The van der Waals surface area contributed by atoms with Crippen molar-refractivity contribution in [2.24, 2.45) is 0 Å². The van der Waals surface area contributed by atoms with Gasteiger partial charge in [-0.1, -0.05) is 6.08 Å². The van der Waals surface area contributed by atoms with Gasteiger partial charge in [-0.15, -0.1) is 0 Å². The van der Waals surface area contributed by atoms with E-state index in [9.17, 15) is 35.1 Å². The first-order valence-corrected chi connectivity index (χ1v) is 4.02. The highest BCUT2D eigenvalue weighted by molar-refractivity contribution is 5.81. The summed E-state index contributed by atoms with van der Waals surface area (Å²) in [5.74, 6) is -4.93. The number of rotatable bonds is 6. The van der Waals surface area contributed by atoms with Crippen LogP contribution in [0.1, 0.15) is 6.92 Å². The van der Waals surface area contributed by atoms with Gasteiger partial charge in [-0.2, -0.15) is 0 Å². The Balaban J connectivity index is 5.08. The van der Waals surface area contributed by atoms with Crippen LogP contribution in [0.25, 0.3) is 0 Å². The number of nitrogens with zero attached hydrogens (tertiary/aromatic N) is 3. The molecular weight excluding hydrogens is 242 g/mol. The summed E-state index contributed by atoms with van der Waals surface area (Å²) in [6, 6.07) is 0. The molecule has 0 aromatic heterocycles. The van der Waals surface area contributed by atoms with E-state index in [1.54, 1.807) is 0 Å². The van der Waals surface area contributed by atoms with Crippen molar-refractivity contribution in [1.29, 1.82) is 0 Å². The summed E-state index contributed by atoms with van der Waals surface area (Å²) in [6.07, 6.45) is 2.01. The van der Waals surface area contributed by atoms with Crippen LogP contribution in [0.15, 0.2) is 12.2 Å². The Morgan fingerprint density at radius 1 is 1.18 bits per heavy atom. The molecule has 0 radical (unpaired) electrons. The molecule has 0 aliphatic rings. The molecule has 0 heterocycles. The predicted octanol–water partition coefficient (Wildman–Crippen LogP) is -0.410. The first-order chi connectivity index (χ1) is 7.78. The van der Waals surface area contributed by atoms with E-state index in [0.29, 0.717) is 0 Å². The van der Waals surface area contributed by atoms with Crippen LogP contribution in [0.3, 0.4) is 0 Å². The quantitative estimate of drug-likeness (QED) is 0.202. The molecule has 0 rings (SSSR count). The standard InChI is InChI=1S/C6H7N3O8/c1-2-3-5(10)17-4-6(7(11)12,8(13)14)9(15)16/h2-3H,4H2,1H3/b3-2+. The lowest BCUT2D eigenvalue weighted by Crippen LogP contribution is -2.57. The molecule has 0 amide bonds. The first-order valence-electron chi connectivity index (χ1n) is 4.02. The molecule has 11 heteroatoms. The number of esters is 1. The van der Waals surface area contributed by atoms with E-state index in [0.717, 1.165) is 6.08 Å². The van der Waals surface area contributed by atoms with Gasteiger partial charge in [0.25, 0.3) is 0 Å². The Hall–Kier alpha value is -2.59. The molecule has 0 aliphatic carbocycles. The van der Waals surface area contributed by atoms with Gasteiger partial charge in [0, 0.05) is 6.08 Å². The second-order valence-electron chi connectivity index (χ2n) is 2.65. The molecule has 0 atom stereocenters. The van der Waals surface area contributed by atoms with E-state index < -0.39 is 33.1 Å². The topological polar surface area (TPSA) is 156 Å². The summed E-state index contributed by atoms with van der Waals surface area (Å²) in [4.78, 5) is 36.8. The largest absolute Gasteiger partial charge is 0.734 e. The van der Waals surface area contributed by atoms with Gasteiger partial charge in [0.2, 0.25) is 0 Å². The van der Waals surface area contributed by atoms with Gasteiger partial charge in [-0.25, -0.2) is 4.79 Å². The minimum absolute atomic E-state index is 0.810. The van der Waals surface area contributed by atoms with Gasteiger partial charge in [0.15, 0.2) is 14.8 Å². The number of ether oxygens (including phenoxy) is 1. The normalized spacial score (nSPS) is 11.1. The molecule has 0 aromatic carbocycles.